The van der Waals surface area contributed by atoms with Crippen molar-refractivity contribution in [2.24, 2.45) is 0 Å². The molecule has 0 unspecified atom stereocenters. The van der Waals surface area contributed by atoms with Crippen LogP contribution in [0.5, 0.6) is 5.75 Å². The standard InChI is InChI=1S/C17H14BrN3O2/c1-11-8-13(18)2-7-16(11)20-10-12(9-19)17(23)21-14-3-5-15(22)6-4-14/h2-8,10,20,22H,1H3,(H,21,23)/b12-10-. The van der Waals surface area contributed by atoms with Gasteiger partial charge in [0.2, 0.25) is 0 Å². The monoisotopic (exact) mass is 371 g/mol. The van der Waals surface area contributed by atoms with Gasteiger partial charge >= 0.3 is 0 Å². The van der Waals surface area contributed by atoms with Crippen LogP contribution in [0.25, 0.3) is 0 Å². The fourth-order valence-electron chi connectivity index (χ4n) is 1.83. The summed E-state index contributed by atoms with van der Waals surface area (Å²) in [6, 6.07) is 13.5. The molecule has 2 aromatic carbocycles. The van der Waals surface area contributed by atoms with E-state index in [0.29, 0.717) is 5.69 Å². The topological polar surface area (TPSA) is 85.2 Å². The molecule has 0 aliphatic heterocycles. The second-order valence-corrected chi connectivity index (χ2v) is 5.69. The quantitative estimate of drug-likeness (QED) is 0.431. The number of hydrogen-bond acceptors (Lipinski definition) is 4. The summed E-state index contributed by atoms with van der Waals surface area (Å²) in [6.07, 6.45) is 1.37. The number of nitrogens with one attached hydrogen (secondary N) is 2. The molecule has 5 nitrogen and oxygen atoms in total. The molecule has 0 aromatic heterocycles. The van der Waals surface area contributed by atoms with E-state index < -0.39 is 5.91 Å². The van der Waals surface area contributed by atoms with Crippen molar-refractivity contribution in [2.45, 2.75) is 6.92 Å². The molecule has 2 rings (SSSR count). The lowest BCUT2D eigenvalue weighted by Gasteiger charge is -2.07. The molecule has 6 heteroatoms. The summed E-state index contributed by atoms with van der Waals surface area (Å²) in [5.74, 6) is -0.424. The van der Waals surface area contributed by atoms with Gasteiger partial charge in [0.1, 0.15) is 17.4 Å². The molecule has 3 N–H and O–H groups in total. The van der Waals surface area contributed by atoms with Gasteiger partial charge in [0.25, 0.3) is 5.91 Å². The molecule has 0 saturated carbocycles. The fraction of sp³-hybridized carbons (Fsp3) is 0.0588. The van der Waals surface area contributed by atoms with Crippen LogP contribution in [0.15, 0.2) is 58.7 Å². The van der Waals surface area contributed by atoms with E-state index in [0.717, 1.165) is 15.7 Å². The van der Waals surface area contributed by atoms with Crippen LogP contribution in [0.1, 0.15) is 5.56 Å². The summed E-state index contributed by atoms with van der Waals surface area (Å²) in [5.41, 5.74) is 2.22. The van der Waals surface area contributed by atoms with Crippen molar-refractivity contribution in [1.29, 1.82) is 5.26 Å². The number of phenolic OH excluding ortho intramolecular Hbond substituents is 1. The zero-order valence-electron chi connectivity index (χ0n) is 12.3. The number of amides is 1. The van der Waals surface area contributed by atoms with Crippen molar-refractivity contribution in [3.05, 3.63) is 64.3 Å². The number of halogens is 1. The van der Waals surface area contributed by atoms with Crippen molar-refractivity contribution in [3.63, 3.8) is 0 Å². The van der Waals surface area contributed by atoms with Crippen LogP contribution >= 0.6 is 15.9 Å². The number of aromatic hydroxyl groups is 1. The third-order valence-electron chi connectivity index (χ3n) is 3.05. The van der Waals surface area contributed by atoms with Crippen molar-refractivity contribution in [3.8, 4) is 11.8 Å². The summed E-state index contributed by atoms with van der Waals surface area (Å²) in [6.45, 7) is 1.92. The number of rotatable bonds is 4. The molecule has 0 saturated heterocycles. The highest BCUT2D eigenvalue weighted by molar-refractivity contribution is 9.10. The summed E-state index contributed by atoms with van der Waals surface area (Å²) in [7, 11) is 0. The molecule has 0 aliphatic rings. The Morgan fingerprint density at radius 2 is 1.96 bits per heavy atom. The number of hydrogen-bond donors (Lipinski definition) is 3. The zero-order chi connectivity index (χ0) is 16.8. The van der Waals surface area contributed by atoms with E-state index in [2.05, 4.69) is 26.6 Å². The van der Waals surface area contributed by atoms with Gasteiger partial charge in [-0.2, -0.15) is 5.26 Å². The molecule has 0 radical (unpaired) electrons. The van der Waals surface area contributed by atoms with Gasteiger partial charge in [0.05, 0.1) is 0 Å². The average molecular weight is 372 g/mol. The molecule has 1 amide bonds. The molecular weight excluding hydrogens is 358 g/mol. The maximum absolute atomic E-state index is 12.1. The number of carbonyl (C=O) groups is 1. The lowest BCUT2D eigenvalue weighted by molar-refractivity contribution is -0.112. The average Bonchev–Trinajstić information content (AvgIpc) is 2.52. The largest absolute Gasteiger partial charge is 0.508 e. The Labute approximate surface area is 142 Å². The molecular formula is C17H14BrN3O2. The smallest absolute Gasteiger partial charge is 0.267 e. The molecule has 116 valence electrons. The maximum atomic E-state index is 12.1. The first-order chi connectivity index (χ1) is 11.0. The Bertz CT molecular complexity index is 792. The van der Waals surface area contributed by atoms with Gasteiger partial charge < -0.3 is 15.7 Å². The number of nitriles is 1. The highest BCUT2D eigenvalue weighted by atomic mass is 79.9. The van der Waals surface area contributed by atoms with Crippen molar-refractivity contribution < 1.29 is 9.90 Å². The van der Waals surface area contributed by atoms with Crippen molar-refractivity contribution in [1.82, 2.24) is 0 Å². The van der Waals surface area contributed by atoms with E-state index in [1.54, 1.807) is 12.1 Å². The van der Waals surface area contributed by atoms with E-state index in [-0.39, 0.29) is 11.3 Å². The second-order valence-electron chi connectivity index (χ2n) is 4.77. The second kappa shape index (κ2) is 7.47. The molecule has 23 heavy (non-hydrogen) atoms. The molecule has 0 aliphatic carbocycles. The van der Waals surface area contributed by atoms with Crippen LogP contribution in [-0.4, -0.2) is 11.0 Å². The highest BCUT2D eigenvalue weighted by Crippen LogP contribution is 2.20. The van der Waals surface area contributed by atoms with Crippen LogP contribution in [0.4, 0.5) is 11.4 Å². The molecule has 0 fully saturated rings. The fourth-order valence-corrected chi connectivity index (χ4v) is 2.31. The molecule has 0 atom stereocenters. The van der Waals surface area contributed by atoms with Crippen LogP contribution in [0.3, 0.4) is 0 Å². The summed E-state index contributed by atoms with van der Waals surface area (Å²) >= 11 is 3.38. The molecule has 2 aromatic rings. The first kappa shape index (κ1) is 16.6. The van der Waals surface area contributed by atoms with Gasteiger partial charge in [-0.1, -0.05) is 15.9 Å². The minimum absolute atomic E-state index is 0.0552. The number of benzene rings is 2. The number of nitrogens with zero attached hydrogens (tertiary/aromatic N) is 1. The van der Waals surface area contributed by atoms with Gasteiger partial charge in [0.15, 0.2) is 0 Å². The van der Waals surface area contributed by atoms with Crippen molar-refractivity contribution >= 4 is 33.2 Å². The van der Waals surface area contributed by atoms with E-state index in [9.17, 15) is 9.90 Å². The number of carbonyl (C=O) groups excluding carboxylic acids is 1. The number of phenols is 1. The molecule has 0 heterocycles. The van der Waals surface area contributed by atoms with Crippen molar-refractivity contribution in [2.75, 3.05) is 10.6 Å². The maximum Gasteiger partial charge on any atom is 0.267 e. The number of aryl methyl sites for hydroxylation is 1. The zero-order valence-corrected chi connectivity index (χ0v) is 13.9. The lowest BCUT2D eigenvalue weighted by Crippen LogP contribution is -2.14. The number of anilines is 2. The van der Waals surface area contributed by atoms with Gasteiger partial charge in [-0.15, -0.1) is 0 Å². The van der Waals surface area contributed by atoms with Crippen LogP contribution in [0.2, 0.25) is 0 Å². The van der Waals surface area contributed by atoms with Crippen LogP contribution in [0, 0.1) is 18.3 Å². The Balaban J connectivity index is 2.10. The normalized spacial score (nSPS) is 10.7. The molecule has 0 bridgehead atoms. The van der Waals surface area contributed by atoms with Gasteiger partial charge in [-0.25, -0.2) is 0 Å². The summed E-state index contributed by atoms with van der Waals surface area (Å²) < 4.78 is 0.954. The van der Waals surface area contributed by atoms with E-state index >= 15 is 0 Å². The Morgan fingerprint density at radius 3 is 2.57 bits per heavy atom. The Kier molecular flexibility index (Phi) is 5.39. The third-order valence-corrected chi connectivity index (χ3v) is 3.54. The molecule has 0 spiro atoms. The van der Waals surface area contributed by atoms with E-state index in [1.165, 1.54) is 18.3 Å². The SMILES string of the molecule is Cc1cc(Br)ccc1N/C=C(/C#N)C(=O)Nc1ccc(O)cc1. The predicted octanol–water partition coefficient (Wildman–Crippen LogP) is 3.92. The van der Waals surface area contributed by atoms with Gasteiger partial charge in [0, 0.05) is 22.0 Å². The summed E-state index contributed by atoms with van der Waals surface area (Å²) in [5, 5.41) is 23.9. The lowest BCUT2D eigenvalue weighted by atomic mass is 10.2. The third kappa shape index (κ3) is 4.59. The first-order valence-corrected chi connectivity index (χ1v) is 7.52. The van der Waals surface area contributed by atoms with Gasteiger partial charge in [-0.05, 0) is 55.0 Å². The van der Waals surface area contributed by atoms with E-state index in [4.69, 9.17) is 5.26 Å². The van der Waals surface area contributed by atoms with E-state index in [1.807, 2.05) is 31.2 Å². The Morgan fingerprint density at radius 1 is 1.26 bits per heavy atom. The van der Waals surface area contributed by atoms with Crippen LogP contribution in [-0.2, 0) is 4.79 Å². The van der Waals surface area contributed by atoms with Crippen LogP contribution < -0.4 is 10.6 Å². The Hall–Kier alpha value is -2.78. The predicted molar refractivity (Wildman–Crippen MR) is 92.9 cm³/mol. The first-order valence-electron chi connectivity index (χ1n) is 6.73. The summed E-state index contributed by atoms with van der Waals surface area (Å²) in [4.78, 5) is 12.1. The minimum atomic E-state index is -0.527. The van der Waals surface area contributed by atoms with Gasteiger partial charge in [-0.3, -0.25) is 4.79 Å². The minimum Gasteiger partial charge on any atom is -0.508 e. The highest BCUT2D eigenvalue weighted by Gasteiger charge is 2.09.